The lowest BCUT2D eigenvalue weighted by atomic mass is 9.94. The first-order valence-corrected chi connectivity index (χ1v) is 10.7. The Morgan fingerprint density at radius 3 is 2.56 bits per heavy atom. The minimum atomic E-state index is -3.26. The summed E-state index contributed by atoms with van der Waals surface area (Å²) in [6.07, 6.45) is 9.40. The van der Waals surface area contributed by atoms with Crippen molar-refractivity contribution in [3.8, 4) is 11.4 Å². The van der Waals surface area contributed by atoms with Crippen LogP contribution in [0.3, 0.4) is 0 Å². The number of fused-ring (bicyclic) bond motifs is 4. The number of carbonyl (C=O) groups is 1. The van der Waals surface area contributed by atoms with Gasteiger partial charge in [-0.1, -0.05) is 0 Å². The number of hydrogen-bond acceptors (Lipinski definition) is 6. The van der Waals surface area contributed by atoms with Gasteiger partial charge in [-0.05, 0) is 30.9 Å². The second-order valence-corrected chi connectivity index (χ2v) is 9.15. The summed E-state index contributed by atoms with van der Waals surface area (Å²) in [6, 6.07) is 3.56. The summed E-state index contributed by atoms with van der Waals surface area (Å²) in [4.78, 5) is 27.5. The van der Waals surface area contributed by atoms with Gasteiger partial charge in [0.15, 0.2) is 5.82 Å². The van der Waals surface area contributed by atoms with Crippen LogP contribution in [0.4, 0.5) is 0 Å². The Hall–Kier alpha value is -2.39. The van der Waals surface area contributed by atoms with E-state index in [0.29, 0.717) is 31.0 Å². The van der Waals surface area contributed by atoms with Gasteiger partial charge in [0, 0.05) is 56.0 Å². The molecule has 0 N–H and O–H groups in total. The van der Waals surface area contributed by atoms with E-state index in [4.69, 9.17) is 0 Å². The first-order chi connectivity index (χ1) is 12.9. The van der Waals surface area contributed by atoms with Gasteiger partial charge in [0.1, 0.15) is 0 Å². The number of amides is 1. The van der Waals surface area contributed by atoms with Crippen LogP contribution in [-0.4, -0.2) is 70.4 Å². The highest BCUT2D eigenvalue weighted by Crippen LogP contribution is 2.30. The maximum absolute atomic E-state index is 13.0. The standard InChI is InChI=1S/C18H21N5O3S/c1-27(25,26)22-10-13-4-5-16(12-22)23(11-13)18(24)15-8-20-17(21-9-15)14-3-2-6-19-7-14/h2-3,6-9,13,16H,4-5,10-12H2,1H3/t13-,16+/m0/s1. The first kappa shape index (κ1) is 18.0. The van der Waals surface area contributed by atoms with E-state index in [2.05, 4.69) is 15.0 Å². The van der Waals surface area contributed by atoms with E-state index < -0.39 is 10.0 Å². The fourth-order valence-electron chi connectivity index (χ4n) is 3.81. The van der Waals surface area contributed by atoms with Gasteiger partial charge in [0.25, 0.3) is 5.91 Å². The highest BCUT2D eigenvalue weighted by molar-refractivity contribution is 7.88. The van der Waals surface area contributed by atoms with E-state index in [9.17, 15) is 13.2 Å². The Morgan fingerprint density at radius 1 is 1.11 bits per heavy atom. The predicted octanol–water partition coefficient (Wildman–Crippen LogP) is 1.03. The lowest BCUT2D eigenvalue weighted by Gasteiger charge is -2.36. The van der Waals surface area contributed by atoms with E-state index in [1.165, 1.54) is 23.0 Å². The second-order valence-electron chi connectivity index (χ2n) is 7.17. The van der Waals surface area contributed by atoms with E-state index in [1.54, 1.807) is 23.4 Å². The Bertz CT molecular complexity index is 933. The maximum atomic E-state index is 13.0. The molecule has 2 aromatic heterocycles. The summed E-state index contributed by atoms with van der Waals surface area (Å²) >= 11 is 0. The van der Waals surface area contributed by atoms with Crippen LogP contribution in [0.1, 0.15) is 23.2 Å². The van der Waals surface area contributed by atoms with E-state index >= 15 is 0 Å². The molecule has 5 heterocycles. The van der Waals surface area contributed by atoms with Crippen LogP contribution in [-0.2, 0) is 10.0 Å². The molecule has 0 radical (unpaired) electrons. The summed E-state index contributed by atoms with van der Waals surface area (Å²) in [6.45, 7) is 1.41. The Labute approximate surface area is 158 Å². The number of nitrogens with zero attached hydrogens (tertiary/aromatic N) is 5. The van der Waals surface area contributed by atoms with Crippen molar-refractivity contribution in [2.75, 3.05) is 25.9 Å². The Balaban J connectivity index is 1.54. The molecular formula is C18H21N5O3S. The molecule has 3 aliphatic heterocycles. The van der Waals surface area contributed by atoms with Crippen molar-refractivity contribution in [2.45, 2.75) is 18.9 Å². The molecule has 2 bridgehead atoms. The third-order valence-electron chi connectivity index (χ3n) is 5.23. The molecular weight excluding hydrogens is 366 g/mol. The van der Waals surface area contributed by atoms with Crippen molar-refractivity contribution in [3.63, 3.8) is 0 Å². The number of carbonyl (C=O) groups excluding carboxylic acids is 1. The average Bonchev–Trinajstić information content (AvgIpc) is 3.01. The Morgan fingerprint density at radius 2 is 1.89 bits per heavy atom. The minimum Gasteiger partial charge on any atom is -0.334 e. The zero-order valence-electron chi connectivity index (χ0n) is 15.0. The van der Waals surface area contributed by atoms with Crippen LogP contribution in [0.2, 0.25) is 0 Å². The predicted molar refractivity (Wildman–Crippen MR) is 99.2 cm³/mol. The highest BCUT2D eigenvalue weighted by Gasteiger charge is 2.40. The van der Waals surface area contributed by atoms with Crippen molar-refractivity contribution >= 4 is 15.9 Å². The fourth-order valence-corrected chi connectivity index (χ4v) is 4.73. The lowest BCUT2D eigenvalue weighted by Crippen LogP contribution is -2.47. The van der Waals surface area contributed by atoms with Crippen LogP contribution in [0.5, 0.6) is 0 Å². The maximum Gasteiger partial charge on any atom is 0.257 e. The molecule has 27 heavy (non-hydrogen) atoms. The fraction of sp³-hybridized carbons (Fsp3) is 0.444. The average molecular weight is 387 g/mol. The third-order valence-corrected chi connectivity index (χ3v) is 6.46. The third kappa shape index (κ3) is 3.70. The van der Waals surface area contributed by atoms with Gasteiger partial charge < -0.3 is 4.90 Å². The van der Waals surface area contributed by atoms with Crippen molar-refractivity contribution in [3.05, 3.63) is 42.5 Å². The summed E-state index contributed by atoms with van der Waals surface area (Å²) in [7, 11) is -3.26. The topological polar surface area (TPSA) is 96.4 Å². The van der Waals surface area contributed by atoms with Gasteiger partial charge >= 0.3 is 0 Å². The van der Waals surface area contributed by atoms with Crippen LogP contribution in [0, 0.1) is 5.92 Å². The first-order valence-electron chi connectivity index (χ1n) is 8.90. The van der Waals surface area contributed by atoms with Crippen LogP contribution in [0.15, 0.2) is 36.9 Å². The number of piperidine rings is 1. The van der Waals surface area contributed by atoms with Crippen molar-refractivity contribution in [1.29, 1.82) is 0 Å². The molecule has 9 heteroatoms. The number of rotatable bonds is 3. The van der Waals surface area contributed by atoms with Crippen LogP contribution >= 0.6 is 0 Å². The molecule has 0 saturated carbocycles. The summed E-state index contributed by atoms with van der Waals surface area (Å²) in [5, 5.41) is 0. The quantitative estimate of drug-likeness (QED) is 0.781. The molecule has 0 spiro atoms. The SMILES string of the molecule is CS(=O)(=O)N1C[C@@H]2CC[C@H](C1)N(C(=O)c1cnc(-c3cccnc3)nc1)C2. The highest BCUT2D eigenvalue weighted by atomic mass is 32.2. The van der Waals surface area contributed by atoms with Crippen LogP contribution < -0.4 is 0 Å². The molecule has 0 aliphatic carbocycles. The Kier molecular flexibility index (Phi) is 4.65. The molecule has 2 aromatic rings. The van der Waals surface area contributed by atoms with E-state index in [-0.39, 0.29) is 17.9 Å². The second kappa shape index (κ2) is 6.97. The molecule has 5 rings (SSSR count). The molecule has 0 aromatic carbocycles. The zero-order valence-corrected chi connectivity index (χ0v) is 15.8. The summed E-state index contributed by atoms with van der Waals surface area (Å²) < 4.78 is 25.5. The number of hydrogen-bond donors (Lipinski definition) is 0. The zero-order chi connectivity index (χ0) is 19.0. The largest absolute Gasteiger partial charge is 0.334 e. The van der Waals surface area contributed by atoms with Crippen molar-refractivity contribution in [1.82, 2.24) is 24.2 Å². The van der Waals surface area contributed by atoms with Crippen LogP contribution in [0.25, 0.3) is 11.4 Å². The van der Waals surface area contributed by atoms with Crippen molar-refractivity contribution in [2.24, 2.45) is 5.92 Å². The molecule has 0 unspecified atom stereocenters. The molecule has 3 saturated heterocycles. The monoisotopic (exact) mass is 387 g/mol. The van der Waals surface area contributed by atoms with Gasteiger partial charge in [-0.25, -0.2) is 18.4 Å². The van der Waals surface area contributed by atoms with Gasteiger partial charge in [-0.2, -0.15) is 4.31 Å². The molecule has 1 amide bonds. The van der Waals surface area contributed by atoms with Gasteiger partial charge in [0.2, 0.25) is 10.0 Å². The number of sulfonamides is 1. The van der Waals surface area contributed by atoms with Crippen molar-refractivity contribution < 1.29 is 13.2 Å². The minimum absolute atomic E-state index is 0.107. The smallest absolute Gasteiger partial charge is 0.257 e. The molecule has 142 valence electrons. The summed E-state index contributed by atoms with van der Waals surface area (Å²) in [5.41, 5.74) is 1.20. The molecule has 3 fully saturated rings. The van der Waals surface area contributed by atoms with Gasteiger partial charge in [-0.15, -0.1) is 0 Å². The number of pyridine rings is 1. The van der Waals surface area contributed by atoms with Gasteiger partial charge in [0.05, 0.1) is 11.8 Å². The molecule has 3 aliphatic rings. The molecule has 2 atom stereocenters. The molecule has 8 nitrogen and oxygen atoms in total. The van der Waals surface area contributed by atoms with Gasteiger partial charge in [-0.3, -0.25) is 9.78 Å². The number of aromatic nitrogens is 3. The lowest BCUT2D eigenvalue weighted by molar-refractivity contribution is 0.0588. The normalized spacial score (nSPS) is 23.2. The summed E-state index contributed by atoms with van der Waals surface area (Å²) in [5.74, 6) is 0.538. The van der Waals surface area contributed by atoms with E-state index in [1.807, 2.05) is 6.07 Å². The van der Waals surface area contributed by atoms with E-state index in [0.717, 1.165) is 18.4 Å².